The maximum atomic E-state index is 13.8. The zero-order chi connectivity index (χ0) is 17.2. The number of benzene rings is 1. The van der Waals surface area contributed by atoms with Crippen molar-refractivity contribution in [3.05, 3.63) is 35.6 Å². The number of hydrogen-bond acceptors (Lipinski definition) is 3. The first-order chi connectivity index (χ1) is 11.5. The molecule has 5 heteroatoms. The third-order valence-corrected chi connectivity index (χ3v) is 5.47. The lowest BCUT2D eigenvalue weighted by atomic mass is 9.76. The Morgan fingerprint density at radius 2 is 2.04 bits per heavy atom. The van der Waals surface area contributed by atoms with Gasteiger partial charge in [-0.1, -0.05) is 18.2 Å². The van der Waals surface area contributed by atoms with E-state index >= 15 is 0 Å². The van der Waals surface area contributed by atoms with Crippen molar-refractivity contribution in [2.75, 3.05) is 40.3 Å². The summed E-state index contributed by atoms with van der Waals surface area (Å²) < 4.78 is 19.8. The van der Waals surface area contributed by atoms with Crippen molar-refractivity contribution in [1.82, 2.24) is 9.80 Å². The van der Waals surface area contributed by atoms with Crippen molar-refractivity contribution >= 4 is 5.91 Å². The maximum Gasteiger partial charge on any atom is 0.236 e. The molecule has 4 nitrogen and oxygen atoms in total. The van der Waals surface area contributed by atoms with E-state index in [-0.39, 0.29) is 23.2 Å². The molecule has 24 heavy (non-hydrogen) atoms. The van der Waals surface area contributed by atoms with Crippen LogP contribution in [0, 0.1) is 11.2 Å². The lowest BCUT2D eigenvalue weighted by Crippen LogP contribution is -2.44. The molecule has 2 aliphatic heterocycles. The number of likely N-dealkylation sites (tertiary alicyclic amines) is 1. The fourth-order valence-electron chi connectivity index (χ4n) is 3.80. The second kappa shape index (κ2) is 7.19. The number of carbonyl (C=O) groups is 1. The number of hydrogen-bond donors (Lipinski definition) is 0. The van der Waals surface area contributed by atoms with Crippen molar-refractivity contribution in [3.8, 4) is 0 Å². The number of nitrogens with zero attached hydrogens (tertiary/aromatic N) is 2. The molecule has 0 N–H and O–H groups in total. The fraction of sp³-hybridized carbons (Fsp3) is 0.632. The zero-order valence-corrected chi connectivity index (χ0v) is 14.6. The number of amides is 1. The van der Waals surface area contributed by atoms with Gasteiger partial charge in [-0.15, -0.1) is 0 Å². The van der Waals surface area contributed by atoms with E-state index in [0.717, 1.165) is 44.5 Å². The first kappa shape index (κ1) is 17.4. The van der Waals surface area contributed by atoms with Gasteiger partial charge in [0, 0.05) is 20.5 Å². The highest BCUT2D eigenvalue weighted by Crippen LogP contribution is 2.42. The number of piperidine rings is 1. The third kappa shape index (κ3) is 3.95. The number of rotatable bonds is 4. The molecule has 1 spiro atoms. The molecule has 2 fully saturated rings. The van der Waals surface area contributed by atoms with E-state index in [2.05, 4.69) is 4.90 Å². The van der Waals surface area contributed by atoms with Crippen LogP contribution in [0.4, 0.5) is 4.39 Å². The molecule has 132 valence electrons. The molecular weight excluding hydrogens is 307 g/mol. The molecule has 0 aliphatic carbocycles. The second-order valence-electron chi connectivity index (χ2n) is 7.50. The fourth-order valence-corrected chi connectivity index (χ4v) is 3.80. The highest BCUT2D eigenvalue weighted by atomic mass is 19.1. The summed E-state index contributed by atoms with van der Waals surface area (Å²) in [6.45, 7) is 3.15. The Labute approximate surface area is 143 Å². The van der Waals surface area contributed by atoms with Crippen LogP contribution in [0.5, 0.6) is 0 Å². The van der Waals surface area contributed by atoms with Crippen LogP contribution in [0.2, 0.25) is 0 Å². The lowest BCUT2D eigenvalue weighted by molar-refractivity contribution is -0.130. The van der Waals surface area contributed by atoms with Gasteiger partial charge in [0.05, 0.1) is 19.3 Å². The number of carbonyl (C=O) groups excluding carboxylic acids is 1. The van der Waals surface area contributed by atoms with E-state index in [1.165, 1.54) is 6.07 Å². The SMILES string of the molecule is CN(C)C(=O)CN1CCC2(CC1)CO[C@@H](Cc1ccccc1F)C2. The van der Waals surface area contributed by atoms with Gasteiger partial charge in [-0.05, 0) is 49.4 Å². The summed E-state index contributed by atoms with van der Waals surface area (Å²) in [4.78, 5) is 15.7. The average Bonchev–Trinajstić information content (AvgIpc) is 2.94. The van der Waals surface area contributed by atoms with Crippen LogP contribution < -0.4 is 0 Å². The van der Waals surface area contributed by atoms with Crippen LogP contribution in [0.3, 0.4) is 0 Å². The summed E-state index contributed by atoms with van der Waals surface area (Å²) in [6.07, 6.45) is 3.87. The molecular formula is C19H27FN2O2. The van der Waals surface area contributed by atoms with Crippen molar-refractivity contribution in [2.45, 2.75) is 31.8 Å². The molecule has 1 aromatic carbocycles. The summed E-state index contributed by atoms with van der Waals surface area (Å²) >= 11 is 0. The highest BCUT2D eigenvalue weighted by molar-refractivity contribution is 5.77. The van der Waals surface area contributed by atoms with Gasteiger partial charge in [0.15, 0.2) is 0 Å². The van der Waals surface area contributed by atoms with Crippen LogP contribution >= 0.6 is 0 Å². The van der Waals surface area contributed by atoms with Gasteiger partial charge >= 0.3 is 0 Å². The molecule has 0 saturated carbocycles. The molecule has 0 unspecified atom stereocenters. The molecule has 2 aliphatic rings. The molecule has 1 aromatic rings. The van der Waals surface area contributed by atoms with Crippen LogP contribution in [0.1, 0.15) is 24.8 Å². The predicted molar refractivity (Wildman–Crippen MR) is 91.3 cm³/mol. The molecule has 1 atom stereocenters. The summed E-state index contributed by atoms with van der Waals surface area (Å²) in [6, 6.07) is 6.96. The van der Waals surface area contributed by atoms with Crippen molar-refractivity contribution in [2.24, 2.45) is 5.41 Å². The lowest BCUT2D eigenvalue weighted by Gasteiger charge is -2.38. The molecule has 0 bridgehead atoms. The minimum Gasteiger partial charge on any atom is -0.377 e. The van der Waals surface area contributed by atoms with E-state index in [1.54, 1.807) is 25.1 Å². The molecule has 2 saturated heterocycles. The van der Waals surface area contributed by atoms with Crippen molar-refractivity contribution < 1.29 is 13.9 Å². The van der Waals surface area contributed by atoms with Gasteiger partial charge in [0.1, 0.15) is 5.82 Å². The van der Waals surface area contributed by atoms with Gasteiger partial charge < -0.3 is 9.64 Å². The average molecular weight is 334 g/mol. The quantitative estimate of drug-likeness (QED) is 0.847. The van der Waals surface area contributed by atoms with E-state index < -0.39 is 0 Å². The largest absolute Gasteiger partial charge is 0.377 e. The summed E-state index contributed by atoms with van der Waals surface area (Å²) in [5.41, 5.74) is 0.960. The Kier molecular flexibility index (Phi) is 5.21. The summed E-state index contributed by atoms with van der Waals surface area (Å²) in [5.74, 6) is 0.0186. The smallest absolute Gasteiger partial charge is 0.236 e. The first-order valence-electron chi connectivity index (χ1n) is 8.75. The minimum atomic E-state index is -0.140. The standard InChI is InChI=1S/C19H27FN2O2/c1-21(2)18(23)13-22-9-7-19(8-10-22)12-16(24-14-19)11-15-5-3-4-6-17(15)20/h3-6,16H,7-14H2,1-2H3/t16-/m0/s1. The van der Waals surface area contributed by atoms with Crippen LogP contribution in [-0.4, -0.2) is 62.1 Å². The maximum absolute atomic E-state index is 13.8. The van der Waals surface area contributed by atoms with Gasteiger partial charge in [0.25, 0.3) is 0 Å². The van der Waals surface area contributed by atoms with E-state index in [0.29, 0.717) is 13.0 Å². The molecule has 1 amide bonds. The Balaban J connectivity index is 1.51. The number of ether oxygens (including phenoxy) is 1. The normalized spacial score (nSPS) is 23.5. The zero-order valence-electron chi connectivity index (χ0n) is 14.6. The number of halogens is 1. The van der Waals surface area contributed by atoms with E-state index in [9.17, 15) is 9.18 Å². The van der Waals surface area contributed by atoms with E-state index in [4.69, 9.17) is 4.74 Å². The molecule has 0 aromatic heterocycles. The minimum absolute atomic E-state index is 0.108. The summed E-state index contributed by atoms with van der Waals surface area (Å²) in [7, 11) is 3.60. The highest BCUT2D eigenvalue weighted by Gasteiger charge is 2.42. The Morgan fingerprint density at radius 1 is 1.33 bits per heavy atom. The molecule has 2 heterocycles. The Bertz CT molecular complexity index is 582. The first-order valence-corrected chi connectivity index (χ1v) is 8.75. The van der Waals surface area contributed by atoms with Crippen molar-refractivity contribution in [3.63, 3.8) is 0 Å². The van der Waals surface area contributed by atoms with Gasteiger partial charge in [-0.2, -0.15) is 0 Å². The van der Waals surface area contributed by atoms with E-state index in [1.807, 2.05) is 12.1 Å². The molecule has 0 radical (unpaired) electrons. The topological polar surface area (TPSA) is 32.8 Å². The van der Waals surface area contributed by atoms with Crippen molar-refractivity contribution in [1.29, 1.82) is 0 Å². The van der Waals surface area contributed by atoms with Crippen LogP contribution in [-0.2, 0) is 16.0 Å². The van der Waals surface area contributed by atoms with Crippen LogP contribution in [0.25, 0.3) is 0 Å². The van der Waals surface area contributed by atoms with Crippen LogP contribution in [0.15, 0.2) is 24.3 Å². The van der Waals surface area contributed by atoms with Gasteiger partial charge in [-0.3, -0.25) is 9.69 Å². The van der Waals surface area contributed by atoms with Gasteiger partial charge in [-0.25, -0.2) is 4.39 Å². The molecule has 3 rings (SSSR count). The second-order valence-corrected chi connectivity index (χ2v) is 7.50. The number of likely N-dealkylation sites (N-methyl/N-ethyl adjacent to an activating group) is 1. The summed E-state index contributed by atoms with van der Waals surface area (Å²) in [5, 5.41) is 0. The Hall–Kier alpha value is -1.46. The monoisotopic (exact) mass is 334 g/mol. The Morgan fingerprint density at radius 3 is 2.71 bits per heavy atom. The van der Waals surface area contributed by atoms with Gasteiger partial charge in [0.2, 0.25) is 5.91 Å². The third-order valence-electron chi connectivity index (χ3n) is 5.47. The predicted octanol–water partition coefficient (Wildman–Crippen LogP) is 2.33.